The molecule has 3 nitrogen and oxygen atoms in total. The molecule has 1 aromatic carbocycles. The highest BCUT2D eigenvalue weighted by Gasteiger charge is 2.15. The zero-order chi connectivity index (χ0) is 15.4. The van der Waals surface area contributed by atoms with Gasteiger partial charge in [-0.2, -0.15) is 0 Å². The highest BCUT2D eigenvalue weighted by molar-refractivity contribution is 5.83. The van der Waals surface area contributed by atoms with Gasteiger partial charge in [-0.15, -0.1) is 6.58 Å². The van der Waals surface area contributed by atoms with Crippen LogP contribution in [-0.2, 0) is 19.4 Å². The van der Waals surface area contributed by atoms with Crippen LogP contribution in [0.1, 0.15) is 24.5 Å². The quantitative estimate of drug-likeness (QED) is 0.831. The molecule has 112 valence electrons. The molecule has 0 fully saturated rings. The summed E-state index contributed by atoms with van der Waals surface area (Å²) in [4.78, 5) is 12.0. The lowest BCUT2D eigenvalue weighted by molar-refractivity contribution is 0.276. The second-order valence-corrected chi connectivity index (χ2v) is 5.06. The molecular formula is C17H20FNO2. The fourth-order valence-electron chi connectivity index (χ4n) is 2.70. The molecule has 4 heteroatoms. The molecule has 0 bridgehead atoms. The zero-order valence-electron chi connectivity index (χ0n) is 12.2. The third-order valence-corrected chi connectivity index (χ3v) is 3.57. The van der Waals surface area contributed by atoms with Crippen molar-refractivity contribution in [2.45, 2.75) is 32.7 Å². The Morgan fingerprint density at radius 3 is 2.81 bits per heavy atom. The second-order valence-electron chi connectivity index (χ2n) is 5.06. The van der Waals surface area contributed by atoms with Gasteiger partial charge in [0.05, 0.1) is 12.1 Å². The maximum absolute atomic E-state index is 14.7. The normalized spacial score (nSPS) is 11.0. The Hall–Kier alpha value is -1.94. The van der Waals surface area contributed by atoms with Crippen molar-refractivity contribution in [3.8, 4) is 0 Å². The number of aromatic nitrogens is 1. The van der Waals surface area contributed by atoms with Crippen LogP contribution in [0.3, 0.4) is 0 Å². The van der Waals surface area contributed by atoms with Crippen LogP contribution >= 0.6 is 0 Å². The van der Waals surface area contributed by atoms with Crippen molar-refractivity contribution in [2.24, 2.45) is 0 Å². The number of aryl methyl sites for hydroxylation is 1. The van der Waals surface area contributed by atoms with E-state index in [1.54, 1.807) is 18.2 Å². The van der Waals surface area contributed by atoms with Gasteiger partial charge in [0.1, 0.15) is 5.82 Å². The van der Waals surface area contributed by atoms with Gasteiger partial charge in [-0.25, -0.2) is 4.39 Å². The highest BCUT2D eigenvalue weighted by Crippen LogP contribution is 2.26. The van der Waals surface area contributed by atoms with Crippen LogP contribution in [0.5, 0.6) is 0 Å². The van der Waals surface area contributed by atoms with Crippen molar-refractivity contribution in [3.63, 3.8) is 0 Å². The lowest BCUT2D eigenvalue weighted by atomic mass is 9.98. The molecule has 0 saturated carbocycles. The topological polar surface area (TPSA) is 42.2 Å². The van der Waals surface area contributed by atoms with Gasteiger partial charge < -0.3 is 9.67 Å². The number of fused-ring (bicyclic) bond motifs is 1. The largest absolute Gasteiger partial charge is 0.395 e. The first-order valence-corrected chi connectivity index (χ1v) is 7.19. The standard InChI is InChI=1S/C17H20FNO2/c1-3-5-12-11-13-7-8-15(21)19(9-10-20)17(13)14(6-4-2)16(12)18/h4,7-8,11,20H,2-3,5-6,9-10H2,1H3. The van der Waals surface area contributed by atoms with Crippen molar-refractivity contribution in [3.05, 3.63) is 58.2 Å². The molecule has 0 amide bonds. The molecule has 21 heavy (non-hydrogen) atoms. The Balaban J connectivity index is 2.86. The van der Waals surface area contributed by atoms with Crippen LogP contribution in [0.4, 0.5) is 4.39 Å². The minimum Gasteiger partial charge on any atom is -0.395 e. The van der Waals surface area contributed by atoms with Crippen LogP contribution in [0, 0.1) is 5.82 Å². The number of rotatable bonds is 6. The smallest absolute Gasteiger partial charge is 0.251 e. The lowest BCUT2D eigenvalue weighted by Gasteiger charge is -2.16. The summed E-state index contributed by atoms with van der Waals surface area (Å²) in [6.45, 7) is 5.68. The molecule has 1 aromatic heterocycles. The first-order chi connectivity index (χ1) is 10.1. The Morgan fingerprint density at radius 1 is 1.43 bits per heavy atom. The van der Waals surface area contributed by atoms with E-state index in [1.807, 2.05) is 6.92 Å². The van der Waals surface area contributed by atoms with E-state index < -0.39 is 0 Å². The molecule has 1 heterocycles. The molecule has 0 unspecified atom stereocenters. The zero-order valence-corrected chi connectivity index (χ0v) is 12.2. The van der Waals surface area contributed by atoms with E-state index in [0.29, 0.717) is 29.5 Å². The van der Waals surface area contributed by atoms with Crippen molar-refractivity contribution in [2.75, 3.05) is 6.61 Å². The van der Waals surface area contributed by atoms with Gasteiger partial charge in [-0.1, -0.05) is 19.4 Å². The summed E-state index contributed by atoms with van der Waals surface area (Å²) >= 11 is 0. The molecule has 0 aliphatic heterocycles. The van der Waals surface area contributed by atoms with E-state index in [1.165, 1.54) is 10.6 Å². The number of hydrogen-bond donors (Lipinski definition) is 1. The number of hydrogen-bond acceptors (Lipinski definition) is 2. The number of aliphatic hydroxyl groups is 1. The Bertz CT molecular complexity index is 719. The molecule has 0 spiro atoms. The van der Waals surface area contributed by atoms with Gasteiger partial charge in [0, 0.05) is 18.2 Å². The summed E-state index contributed by atoms with van der Waals surface area (Å²) in [7, 11) is 0. The monoisotopic (exact) mass is 289 g/mol. The van der Waals surface area contributed by atoms with E-state index in [4.69, 9.17) is 5.11 Å². The average molecular weight is 289 g/mol. The molecule has 2 aromatic rings. The summed E-state index contributed by atoms with van der Waals surface area (Å²) in [5.74, 6) is -0.262. The summed E-state index contributed by atoms with van der Waals surface area (Å²) in [5.41, 5.74) is 1.48. The maximum Gasteiger partial charge on any atom is 0.251 e. The Labute approximate surface area is 123 Å². The number of halogens is 1. The molecule has 0 aliphatic rings. The number of nitrogens with zero attached hydrogens (tertiary/aromatic N) is 1. The summed E-state index contributed by atoms with van der Waals surface area (Å²) in [6.07, 6.45) is 3.50. The Morgan fingerprint density at radius 2 is 2.19 bits per heavy atom. The van der Waals surface area contributed by atoms with Crippen LogP contribution in [0.15, 0.2) is 35.6 Å². The highest BCUT2D eigenvalue weighted by atomic mass is 19.1. The van der Waals surface area contributed by atoms with Crippen LogP contribution in [0.25, 0.3) is 10.9 Å². The first-order valence-electron chi connectivity index (χ1n) is 7.19. The van der Waals surface area contributed by atoms with Crippen LogP contribution in [-0.4, -0.2) is 16.3 Å². The van der Waals surface area contributed by atoms with Gasteiger partial charge in [-0.05, 0) is 35.9 Å². The summed E-state index contributed by atoms with van der Waals surface area (Å²) in [6, 6.07) is 4.98. The van der Waals surface area contributed by atoms with E-state index >= 15 is 0 Å². The molecule has 0 radical (unpaired) electrons. The third-order valence-electron chi connectivity index (χ3n) is 3.57. The molecular weight excluding hydrogens is 269 g/mol. The fraction of sp³-hybridized carbons (Fsp3) is 0.353. The SMILES string of the molecule is C=CCc1c(F)c(CCC)cc2ccc(=O)n(CCO)c12. The van der Waals surface area contributed by atoms with Gasteiger partial charge in [0.2, 0.25) is 0 Å². The van der Waals surface area contributed by atoms with E-state index in [2.05, 4.69) is 6.58 Å². The number of pyridine rings is 1. The summed E-state index contributed by atoms with van der Waals surface area (Å²) in [5, 5.41) is 9.98. The molecule has 0 saturated heterocycles. The third kappa shape index (κ3) is 2.90. The predicted molar refractivity (Wildman–Crippen MR) is 83.1 cm³/mol. The van der Waals surface area contributed by atoms with Crippen molar-refractivity contribution >= 4 is 10.9 Å². The van der Waals surface area contributed by atoms with E-state index in [0.717, 1.165) is 11.8 Å². The van der Waals surface area contributed by atoms with Crippen LogP contribution < -0.4 is 5.56 Å². The molecule has 0 atom stereocenters. The first kappa shape index (κ1) is 15.4. The second kappa shape index (κ2) is 6.68. The van der Waals surface area contributed by atoms with Gasteiger partial charge in [0.25, 0.3) is 5.56 Å². The number of allylic oxidation sites excluding steroid dienone is 1. The maximum atomic E-state index is 14.7. The minimum atomic E-state index is -0.262. The lowest BCUT2D eigenvalue weighted by Crippen LogP contribution is -2.22. The molecule has 2 rings (SSSR count). The van der Waals surface area contributed by atoms with Gasteiger partial charge in [-0.3, -0.25) is 4.79 Å². The van der Waals surface area contributed by atoms with Crippen molar-refractivity contribution < 1.29 is 9.50 Å². The summed E-state index contributed by atoms with van der Waals surface area (Å²) < 4.78 is 16.1. The van der Waals surface area contributed by atoms with E-state index in [-0.39, 0.29) is 24.5 Å². The number of aliphatic hydroxyl groups excluding tert-OH is 1. The fourth-order valence-corrected chi connectivity index (χ4v) is 2.70. The van der Waals surface area contributed by atoms with Crippen LogP contribution in [0.2, 0.25) is 0 Å². The minimum absolute atomic E-state index is 0.160. The van der Waals surface area contributed by atoms with E-state index in [9.17, 15) is 9.18 Å². The molecule has 0 aliphatic carbocycles. The predicted octanol–water partition coefficient (Wildman–Crippen LogP) is 2.81. The van der Waals surface area contributed by atoms with Crippen molar-refractivity contribution in [1.82, 2.24) is 4.57 Å². The average Bonchev–Trinajstić information content (AvgIpc) is 2.47. The Kier molecular flexibility index (Phi) is 4.91. The van der Waals surface area contributed by atoms with Crippen molar-refractivity contribution in [1.29, 1.82) is 0 Å². The van der Waals surface area contributed by atoms with Gasteiger partial charge in [0.15, 0.2) is 0 Å². The number of benzene rings is 1. The van der Waals surface area contributed by atoms with Gasteiger partial charge >= 0.3 is 0 Å². The molecule has 1 N–H and O–H groups in total.